The van der Waals surface area contributed by atoms with Crippen molar-refractivity contribution in [1.82, 2.24) is 0 Å². The summed E-state index contributed by atoms with van der Waals surface area (Å²) >= 11 is 0. The largest absolute Gasteiger partial charge is 0.416 e. The van der Waals surface area contributed by atoms with Crippen molar-refractivity contribution >= 4 is 0 Å². The van der Waals surface area contributed by atoms with Crippen LogP contribution in [0.3, 0.4) is 0 Å². The molecular formula is C115H171F23O8. The average Bonchev–Trinajstić information content (AvgIpc) is 1.64. The lowest BCUT2D eigenvalue weighted by Crippen LogP contribution is -2.44. The minimum absolute atomic E-state index is 0.00313. The van der Waals surface area contributed by atoms with E-state index in [0.29, 0.717) is 68.4 Å². The molecule has 18 aliphatic carbocycles. The summed E-state index contributed by atoms with van der Waals surface area (Å²) in [6.45, 7) is 21.9. The fraction of sp³-hybridized carbons (Fsp3) is 0.843. The quantitative estimate of drug-likeness (QED) is 0.0366. The predicted molar refractivity (Wildman–Crippen MR) is 525 cm³/mol. The highest BCUT2D eigenvalue weighted by Gasteiger charge is 2.58. The maximum Gasteiger partial charge on any atom is 0.416 e. The highest BCUT2D eigenvalue weighted by molar-refractivity contribution is 5.18. The molecule has 31 heteroatoms. The zero-order valence-corrected chi connectivity index (χ0v) is 87.6. The molecule has 18 bridgehead atoms. The van der Waals surface area contributed by atoms with Crippen LogP contribution in [0.15, 0.2) is 109 Å². The third-order valence-electron chi connectivity index (χ3n) is 33.9. The van der Waals surface area contributed by atoms with Crippen molar-refractivity contribution in [1.29, 1.82) is 0 Å². The Morgan fingerprint density at radius 3 is 0.726 bits per heavy atom. The Hall–Kier alpha value is -4.27. The van der Waals surface area contributed by atoms with Crippen LogP contribution in [0, 0.1) is 154 Å². The SMILES string of the molecule is CC(O)(CC1CC2C=CC1C2)C(F)(F)F.CCC(F)(F)CC(F)(F)CC(F)(F)CC(F)(F)CC1CC2C=CC1C2.CCC(F)(F)CC(F)(F)CC(F)(F)CC1CC2C=CC1C2.CCC(F)(F)CC(F)(F)CC1CC2C=CC1C2.CCC(F)(F)CC1CC2C=CC1C2.CCCOCCC1CC2C=CC1C2.CCCOCCOCC1CC2C=CC1C2.CCCOCCOCCOC1CC2C=CC1C2.COCC1CC2C=CC1C2. The maximum absolute atomic E-state index is 14.0. The lowest BCUT2D eigenvalue weighted by atomic mass is 9.83. The molecule has 0 amide bonds. The Morgan fingerprint density at radius 2 is 0.459 bits per heavy atom. The number of halogens is 23. The van der Waals surface area contributed by atoms with Gasteiger partial charge in [0.2, 0.25) is 5.92 Å². The summed E-state index contributed by atoms with van der Waals surface area (Å²) in [6.07, 6.45) is 43.3. The van der Waals surface area contributed by atoms with E-state index >= 15 is 0 Å². The molecule has 0 heterocycles. The van der Waals surface area contributed by atoms with Crippen LogP contribution in [0.5, 0.6) is 0 Å². The van der Waals surface area contributed by atoms with Gasteiger partial charge in [0, 0.05) is 97.4 Å². The van der Waals surface area contributed by atoms with Crippen LogP contribution in [-0.4, -0.2) is 169 Å². The average molecular weight is 2120 g/mol. The van der Waals surface area contributed by atoms with E-state index in [2.05, 4.69) is 93.7 Å². The van der Waals surface area contributed by atoms with E-state index in [4.69, 9.17) is 33.2 Å². The summed E-state index contributed by atoms with van der Waals surface area (Å²) in [7, 11) is 1.80. The van der Waals surface area contributed by atoms with Crippen LogP contribution < -0.4 is 0 Å². The zero-order chi connectivity index (χ0) is 107. The maximum atomic E-state index is 14.0. The van der Waals surface area contributed by atoms with E-state index in [-0.39, 0.29) is 84.9 Å². The molecule has 8 nitrogen and oxygen atoms in total. The fourth-order valence-corrected chi connectivity index (χ4v) is 26.3. The van der Waals surface area contributed by atoms with Crippen molar-refractivity contribution in [3.63, 3.8) is 0 Å². The van der Waals surface area contributed by atoms with Crippen molar-refractivity contribution in [2.75, 3.05) is 86.4 Å². The van der Waals surface area contributed by atoms with Crippen molar-refractivity contribution in [3.05, 3.63) is 109 Å². The molecule has 0 aromatic carbocycles. The third-order valence-corrected chi connectivity index (χ3v) is 33.9. The van der Waals surface area contributed by atoms with E-state index in [0.717, 1.165) is 210 Å². The number of rotatable bonds is 49. The van der Waals surface area contributed by atoms with Gasteiger partial charge < -0.3 is 38.3 Å². The number of fused-ring (bicyclic) bond motifs is 18. The van der Waals surface area contributed by atoms with Gasteiger partial charge in [0.1, 0.15) is 0 Å². The minimum atomic E-state index is -4.52. The first-order valence-electron chi connectivity index (χ1n) is 55.3. The van der Waals surface area contributed by atoms with Crippen LogP contribution >= 0.6 is 0 Å². The molecule has 28 unspecified atom stereocenters. The second-order valence-electron chi connectivity index (χ2n) is 46.6. The van der Waals surface area contributed by atoms with Crippen LogP contribution in [0.1, 0.15) is 293 Å². The Balaban J connectivity index is 0.000000170. The van der Waals surface area contributed by atoms with Crippen molar-refractivity contribution in [2.45, 2.75) is 370 Å². The Bertz CT molecular complexity index is 4100. The summed E-state index contributed by atoms with van der Waals surface area (Å²) in [4.78, 5) is 0. The second kappa shape index (κ2) is 55.4. The first-order valence-corrected chi connectivity index (χ1v) is 55.3. The van der Waals surface area contributed by atoms with Gasteiger partial charge in [0.05, 0.1) is 90.9 Å². The molecule has 9 fully saturated rings. The number of allylic oxidation sites excluding steroid dienone is 17. The highest BCUT2D eigenvalue weighted by atomic mass is 19.4. The van der Waals surface area contributed by atoms with E-state index in [1.807, 2.05) is 30.4 Å². The summed E-state index contributed by atoms with van der Waals surface area (Å²) in [5, 5.41) is 9.39. The smallest absolute Gasteiger partial charge is 0.384 e. The molecule has 18 rings (SSSR count). The number of methoxy groups -OCH3 is 1. The van der Waals surface area contributed by atoms with Gasteiger partial charge in [0.25, 0.3) is 53.3 Å². The van der Waals surface area contributed by atoms with Crippen molar-refractivity contribution in [2.24, 2.45) is 154 Å². The molecule has 0 spiro atoms. The van der Waals surface area contributed by atoms with E-state index in [1.165, 1.54) is 64.7 Å². The van der Waals surface area contributed by atoms with Gasteiger partial charge in [-0.3, -0.25) is 0 Å². The lowest BCUT2D eigenvalue weighted by Gasteiger charge is -2.31. The first-order chi connectivity index (χ1) is 68.6. The number of hydrogen-bond acceptors (Lipinski definition) is 8. The Kier molecular flexibility index (Phi) is 46.9. The predicted octanol–water partition coefficient (Wildman–Crippen LogP) is 33.5. The van der Waals surface area contributed by atoms with Gasteiger partial charge in [-0.05, 0) is 303 Å². The molecule has 28 atom stereocenters. The number of alkyl halides is 23. The molecule has 146 heavy (non-hydrogen) atoms. The van der Waals surface area contributed by atoms with E-state index < -0.39 is 148 Å². The molecule has 0 aliphatic heterocycles. The number of ether oxygens (including phenoxy) is 7. The summed E-state index contributed by atoms with van der Waals surface area (Å²) < 4.78 is 344. The van der Waals surface area contributed by atoms with Gasteiger partial charge >= 0.3 is 6.18 Å². The second-order valence-corrected chi connectivity index (χ2v) is 46.6. The van der Waals surface area contributed by atoms with E-state index in [1.54, 1.807) is 20.1 Å². The minimum Gasteiger partial charge on any atom is -0.384 e. The van der Waals surface area contributed by atoms with Crippen LogP contribution in [0.2, 0.25) is 0 Å². The highest BCUT2D eigenvalue weighted by Crippen LogP contribution is 2.57. The molecule has 0 aromatic heterocycles. The third kappa shape index (κ3) is 40.5. The van der Waals surface area contributed by atoms with Gasteiger partial charge in [-0.2, -0.15) is 13.2 Å². The molecule has 1 N–H and O–H groups in total. The van der Waals surface area contributed by atoms with Gasteiger partial charge in [-0.1, -0.05) is 158 Å². The lowest BCUT2D eigenvalue weighted by molar-refractivity contribution is -0.259. The van der Waals surface area contributed by atoms with E-state index in [9.17, 15) is 106 Å². The van der Waals surface area contributed by atoms with Crippen LogP contribution in [-0.2, 0) is 33.2 Å². The van der Waals surface area contributed by atoms with Crippen molar-refractivity contribution < 1.29 is 139 Å². The number of hydrogen-bond donors (Lipinski definition) is 1. The fourth-order valence-electron chi connectivity index (χ4n) is 26.3. The normalized spacial score (nSPS) is 33.0. The summed E-state index contributed by atoms with van der Waals surface area (Å²) in [6, 6.07) is 0. The molecule has 18 aliphatic rings. The molecular weight excluding hydrogens is 1950 g/mol. The monoisotopic (exact) mass is 2120 g/mol. The van der Waals surface area contributed by atoms with Crippen LogP contribution in [0.25, 0.3) is 0 Å². The molecule has 0 saturated heterocycles. The van der Waals surface area contributed by atoms with Crippen molar-refractivity contribution in [3.8, 4) is 0 Å². The molecule has 840 valence electrons. The van der Waals surface area contributed by atoms with Crippen LogP contribution in [0.4, 0.5) is 101 Å². The Labute approximate surface area is 854 Å². The first kappa shape index (κ1) is 124. The molecule has 0 radical (unpaired) electrons. The van der Waals surface area contributed by atoms with Gasteiger partial charge in [-0.15, -0.1) is 0 Å². The molecule has 0 aromatic rings. The summed E-state index contributed by atoms with van der Waals surface area (Å²) in [5.74, 6) is -25.1. The standard InChI is InChI=1S/C17H22F8.C15H20F6.C14H24O3.C13H18F4.C13H22O2.C12H20O.C11H15F3O.C11H16F2.C9H14O/c1-2-14(18,19)8-16(22,23)10-17(24,25)9-15(20,21)7-13-6-11-3-4-12(13)5-11;1-2-13(16,17)8-15(20,21)9-14(18,19)7-12-6-10-3-4-11(12)5-10;1-2-5-15-6-7-16-8-9-17-14-11-12-3-4-13(14)10-12;1-2-12(14,15)8-13(16,17)7-11-6-9-3-4-10(11)5-9;1-2-5-14-6-7-15-10-13-9-11-3-4-12(13)8-11;1-2-6-13-7-5-12-9-10-3-4-11(12)8-10;1-10(15,11(12,13)14)6-9-5-7-2-3-8(9)4-7;1-2-11(12,13)7-10-6-8-3-4-9(10)5-8;1-10-6-9-5-7-2-3-8(9)4-7/h3-4,11-13H,2,5-10H2,1H3;3-4,10-12H,2,5-9H2,1H3;3-4,12-14H,2,5-11H2,1H3;3-4,9-11H,2,5-8H2,1H3;3-4,11-13H,2,5-10H2,1H3;3-4,10-12H,2,5-9H2,1H3;2-3,7-9,15H,4-6H2,1H3;3-4,8-10H,2,5-7H2,1H3;2-3,7-9H,4-6H2,1H3. The molecule has 9 saturated carbocycles. The van der Waals surface area contributed by atoms with Gasteiger partial charge in [0.15, 0.2) is 5.60 Å². The zero-order valence-electron chi connectivity index (χ0n) is 87.6. The van der Waals surface area contributed by atoms with Gasteiger partial charge in [-0.25, -0.2) is 87.8 Å². The Morgan fingerprint density at radius 1 is 0.226 bits per heavy atom. The summed E-state index contributed by atoms with van der Waals surface area (Å²) in [5.41, 5.74) is -2.53. The number of aliphatic hydroxyl groups is 1. The topological polar surface area (TPSA) is 84.8 Å².